The van der Waals surface area contributed by atoms with E-state index in [1.807, 2.05) is 6.92 Å². The molecule has 0 aromatic carbocycles. The number of carbonyl (C=O) groups excluding carboxylic acids is 1. The van der Waals surface area contributed by atoms with Gasteiger partial charge < -0.3 is 10.2 Å². The maximum atomic E-state index is 12.4. The van der Waals surface area contributed by atoms with Crippen molar-refractivity contribution in [1.82, 2.24) is 9.88 Å². The Morgan fingerprint density at radius 2 is 2.14 bits per heavy atom. The third-order valence-corrected chi connectivity index (χ3v) is 3.56. The number of nitrogens with one attached hydrogen (secondary N) is 1. The number of pyridine rings is 1. The molecule has 1 fully saturated rings. The number of nitrogens with zero attached hydrogens (tertiary/aromatic N) is 2. The van der Waals surface area contributed by atoms with Crippen molar-refractivity contribution < 1.29 is 18.0 Å². The van der Waals surface area contributed by atoms with Crippen molar-refractivity contribution in [3.05, 3.63) is 23.9 Å². The molecule has 1 aliphatic rings. The fourth-order valence-corrected chi connectivity index (χ4v) is 2.32. The molecule has 2 heterocycles. The molecule has 1 amide bonds. The summed E-state index contributed by atoms with van der Waals surface area (Å²) in [6.45, 7) is 3.12. The van der Waals surface area contributed by atoms with Gasteiger partial charge in [0.15, 0.2) is 0 Å². The first-order valence-electron chi connectivity index (χ1n) is 6.94. The van der Waals surface area contributed by atoms with Crippen molar-refractivity contribution in [2.75, 3.05) is 18.4 Å². The molecule has 1 saturated heterocycles. The Labute approximate surface area is 121 Å². The first kappa shape index (κ1) is 15.6. The van der Waals surface area contributed by atoms with Gasteiger partial charge in [0.2, 0.25) is 5.91 Å². The summed E-state index contributed by atoms with van der Waals surface area (Å²) < 4.78 is 37.2. The molecule has 0 radical (unpaired) electrons. The lowest BCUT2D eigenvalue weighted by Crippen LogP contribution is -2.44. The van der Waals surface area contributed by atoms with Crippen LogP contribution in [0.2, 0.25) is 0 Å². The molecule has 0 aliphatic carbocycles. The molecule has 1 atom stereocenters. The zero-order valence-electron chi connectivity index (χ0n) is 11.8. The zero-order chi connectivity index (χ0) is 15.5. The average molecular weight is 301 g/mol. The molecule has 2 rings (SSSR count). The molecule has 21 heavy (non-hydrogen) atoms. The minimum atomic E-state index is -4.38. The van der Waals surface area contributed by atoms with Crippen molar-refractivity contribution in [1.29, 1.82) is 0 Å². The fraction of sp³-hybridized carbons (Fsp3) is 0.571. The van der Waals surface area contributed by atoms with E-state index < -0.39 is 11.7 Å². The number of alkyl halides is 3. The van der Waals surface area contributed by atoms with Crippen LogP contribution in [0.4, 0.5) is 19.0 Å². The van der Waals surface area contributed by atoms with Crippen LogP contribution in [-0.4, -0.2) is 34.9 Å². The number of hydrogen-bond acceptors (Lipinski definition) is 3. The van der Waals surface area contributed by atoms with Gasteiger partial charge in [-0.15, -0.1) is 0 Å². The number of anilines is 1. The Morgan fingerprint density at radius 1 is 1.38 bits per heavy atom. The molecule has 116 valence electrons. The number of halogens is 3. The number of rotatable bonds is 4. The minimum absolute atomic E-state index is 0.0121. The van der Waals surface area contributed by atoms with Gasteiger partial charge in [0.05, 0.1) is 5.56 Å². The summed E-state index contributed by atoms with van der Waals surface area (Å²) in [6, 6.07) is 2.28. The second kappa shape index (κ2) is 6.32. The van der Waals surface area contributed by atoms with Gasteiger partial charge in [0, 0.05) is 31.7 Å². The van der Waals surface area contributed by atoms with E-state index in [1.165, 1.54) is 6.07 Å². The van der Waals surface area contributed by atoms with E-state index in [4.69, 9.17) is 0 Å². The maximum Gasteiger partial charge on any atom is 0.417 e. The topological polar surface area (TPSA) is 45.2 Å². The van der Waals surface area contributed by atoms with Crippen LogP contribution in [-0.2, 0) is 11.0 Å². The lowest BCUT2D eigenvalue weighted by molar-refractivity contribution is -0.138. The lowest BCUT2D eigenvalue weighted by atomic mass is 10.1. The molecule has 1 aromatic rings. The van der Waals surface area contributed by atoms with Gasteiger partial charge in [-0.05, 0) is 31.9 Å². The van der Waals surface area contributed by atoms with Crippen LogP contribution in [0.25, 0.3) is 0 Å². The van der Waals surface area contributed by atoms with Crippen molar-refractivity contribution in [3.8, 4) is 0 Å². The highest BCUT2D eigenvalue weighted by molar-refractivity contribution is 5.77. The van der Waals surface area contributed by atoms with Crippen LogP contribution in [0, 0.1) is 0 Å². The largest absolute Gasteiger partial charge is 0.417 e. The van der Waals surface area contributed by atoms with E-state index in [9.17, 15) is 18.0 Å². The van der Waals surface area contributed by atoms with Crippen LogP contribution in [0.15, 0.2) is 18.3 Å². The van der Waals surface area contributed by atoms with Crippen molar-refractivity contribution >= 4 is 11.7 Å². The summed E-state index contributed by atoms with van der Waals surface area (Å²) >= 11 is 0. The first-order chi connectivity index (χ1) is 9.88. The normalized spacial score (nSPS) is 17.7. The van der Waals surface area contributed by atoms with E-state index in [0.29, 0.717) is 18.8 Å². The summed E-state index contributed by atoms with van der Waals surface area (Å²) in [5.74, 6) is 0.509. The van der Waals surface area contributed by atoms with Crippen LogP contribution < -0.4 is 5.32 Å². The second-order valence-corrected chi connectivity index (χ2v) is 5.20. The number of carbonyl (C=O) groups is 1. The third-order valence-electron chi connectivity index (χ3n) is 3.56. The highest BCUT2D eigenvalue weighted by Gasteiger charge is 2.30. The van der Waals surface area contributed by atoms with Crippen LogP contribution in [0.3, 0.4) is 0 Å². The van der Waals surface area contributed by atoms with E-state index >= 15 is 0 Å². The van der Waals surface area contributed by atoms with Crippen LogP contribution in [0.1, 0.15) is 31.7 Å². The Kier molecular flexibility index (Phi) is 4.69. The van der Waals surface area contributed by atoms with Crippen LogP contribution >= 0.6 is 0 Å². The standard InChI is InChI=1S/C14H18F3N3O/c1-10(20-7-3-2-4-13(20)21)8-18-12-6-5-11(9-19-12)14(15,16)17/h5-6,9-10H,2-4,7-8H2,1H3,(H,18,19). The quantitative estimate of drug-likeness (QED) is 0.930. The summed E-state index contributed by atoms with van der Waals surface area (Å²) in [5, 5.41) is 2.97. The Hall–Kier alpha value is -1.79. The minimum Gasteiger partial charge on any atom is -0.368 e. The first-order valence-corrected chi connectivity index (χ1v) is 6.94. The Morgan fingerprint density at radius 3 is 2.71 bits per heavy atom. The smallest absolute Gasteiger partial charge is 0.368 e. The van der Waals surface area contributed by atoms with Gasteiger partial charge >= 0.3 is 6.18 Å². The monoisotopic (exact) mass is 301 g/mol. The highest BCUT2D eigenvalue weighted by atomic mass is 19.4. The summed E-state index contributed by atoms with van der Waals surface area (Å²) in [4.78, 5) is 17.3. The molecule has 1 aromatic heterocycles. The van der Waals surface area contributed by atoms with E-state index in [1.54, 1.807) is 4.90 Å². The van der Waals surface area contributed by atoms with Crippen molar-refractivity contribution in [3.63, 3.8) is 0 Å². The third kappa shape index (κ3) is 4.09. The fourth-order valence-electron chi connectivity index (χ4n) is 2.32. The van der Waals surface area contributed by atoms with Gasteiger partial charge in [0.25, 0.3) is 0 Å². The van der Waals surface area contributed by atoms with Crippen LogP contribution in [0.5, 0.6) is 0 Å². The SMILES string of the molecule is CC(CNc1ccc(C(F)(F)F)cn1)N1CCCCC1=O. The predicted molar refractivity (Wildman–Crippen MR) is 72.8 cm³/mol. The molecule has 0 saturated carbocycles. The summed E-state index contributed by atoms with van der Waals surface area (Å²) in [6.07, 6.45) is -1.08. The van der Waals surface area contributed by atoms with E-state index in [2.05, 4.69) is 10.3 Å². The molecule has 0 spiro atoms. The molecule has 1 aliphatic heterocycles. The van der Waals surface area contributed by atoms with Crippen molar-refractivity contribution in [2.24, 2.45) is 0 Å². The summed E-state index contributed by atoms with van der Waals surface area (Å²) in [5.41, 5.74) is -0.771. The van der Waals surface area contributed by atoms with Gasteiger partial charge in [0.1, 0.15) is 5.82 Å². The van der Waals surface area contributed by atoms with Gasteiger partial charge in [-0.2, -0.15) is 13.2 Å². The molecule has 0 bridgehead atoms. The van der Waals surface area contributed by atoms with Gasteiger partial charge in [-0.25, -0.2) is 4.98 Å². The van der Waals surface area contributed by atoms with E-state index in [0.717, 1.165) is 31.6 Å². The zero-order valence-corrected chi connectivity index (χ0v) is 11.8. The number of hydrogen-bond donors (Lipinski definition) is 1. The summed E-state index contributed by atoms with van der Waals surface area (Å²) in [7, 11) is 0. The van der Waals surface area contributed by atoms with Gasteiger partial charge in [-0.1, -0.05) is 0 Å². The molecule has 4 nitrogen and oxygen atoms in total. The number of aromatic nitrogens is 1. The Balaban J connectivity index is 1.89. The maximum absolute atomic E-state index is 12.4. The highest BCUT2D eigenvalue weighted by Crippen LogP contribution is 2.28. The molecular weight excluding hydrogens is 283 g/mol. The predicted octanol–water partition coefficient (Wildman–Crippen LogP) is 2.91. The lowest BCUT2D eigenvalue weighted by Gasteiger charge is -2.32. The average Bonchev–Trinajstić information content (AvgIpc) is 2.45. The number of likely N-dealkylation sites (tertiary alicyclic amines) is 1. The van der Waals surface area contributed by atoms with E-state index in [-0.39, 0.29) is 11.9 Å². The molecular formula is C14H18F3N3O. The Bertz CT molecular complexity index is 487. The number of piperidine rings is 1. The van der Waals surface area contributed by atoms with Gasteiger partial charge in [-0.3, -0.25) is 4.79 Å². The molecule has 1 N–H and O–H groups in total. The second-order valence-electron chi connectivity index (χ2n) is 5.20. The molecule has 7 heteroatoms. The molecule has 1 unspecified atom stereocenters. The van der Waals surface area contributed by atoms with Crippen molar-refractivity contribution in [2.45, 2.75) is 38.4 Å². The number of amides is 1.